The van der Waals surface area contributed by atoms with Gasteiger partial charge in [-0.1, -0.05) is 6.07 Å². The van der Waals surface area contributed by atoms with Gasteiger partial charge in [-0.15, -0.1) is 0 Å². The fraction of sp³-hybridized carbons (Fsp3) is 0.643. The van der Waals surface area contributed by atoms with Crippen molar-refractivity contribution < 1.29 is 9.84 Å². The van der Waals surface area contributed by atoms with Crippen molar-refractivity contribution in [1.82, 2.24) is 4.98 Å². The normalized spacial score (nSPS) is 26.1. The van der Waals surface area contributed by atoms with Crippen molar-refractivity contribution in [3.8, 4) is 0 Å². The number of hydrogen-bond donors (Lipinski definition) is 1. The molecule has 1 N–H and O–H groups in total. The average molecular weight is 250 g/mol. The highest BCUT2D eigenvalue weighted by Crippen LogP contribution is 2.25. The van der Waals surface area contributed by atoms with E-state index in [2.05, 4.69) is 16.8 Å². The van der Waals surface area contributed by atoms with Gasteiger partial charge < -0.3 is 14.7 Å². The second kappa shape index (κ2) is 5.67. The number of ether oxygens (including phenoxy) is 1. The summed E-state index contributed by atoms with van der Waals surface area (Å²) in [6.45, 7) is 4.93. The first kappa shape index (κ1) is 13.3. The van der Waals surface area contributed by atoms with Crippen LogP contribution in [-0.4, -0.2) is 35.9 Å². The van der Waals surface area contributed by atoms with Crippen molar-refractivity contribution in [2.45, 2.75) is 44.9 Å². The Balaban J connectivity index is 2.07. The zero-order chi connectivity index (χ0) is 13.1. The Morgan fingerprint density at radius 2 is 2.28 bits per heavy atom. The van der Waals surface area contributed by atoms with Crippen molar-refractivity contribution in [3.05, 3.63) is 23.9 Å². The van der Waals surface area contributed by atoms with E-state index in [0.29, 0.717) is 12.1 Å². The summed E-state index contributed by atoms with van der Waals surface area (Å²) in [5.41, 5.74) is 0.859. The minimum Gasteiger partial charge on any atom is -0.389 e. The van der Waals surface area contributed by atoms with E-state index in [1.165, 1.54) is 0 Å². The van der Waals surface area contributed by atoms with Gasteiger partial charge in [-0.2, -0.15) is 0 Å². The van der Waals surface area contributed by atoms with E-state index >= 15 is 0 Å². The summed E-state index contributed by atoms with van der Waals surface area (Å²) in [5, 5.41) is 9.47. The zero-order valence-electron chi connectivity index (χ0n) is 11.3. The maximum atomic E-state index is 9.47. The van der Waals surface area contributed by atoms with Crippen LogP contribution in [0.5, 0.6) is 0 Å². The summed E-state index contributed by atoms with van der Waals surface area (Å²) in [6, 6.07) is 4.38. The summed E-state index contributed by atoms with van der Waals surface area (Å²) in [6.07, 6.45) is 3.75. The fourth-order valence-corrected chi connectivity index (χ4v) is 2.50. The van der Waals surface area contributed by atoms with Crippen molar-refractivity contribution in [2.24, 2.45) is 0 Å². The van der Waals surface area contributed by atoms with Crippen LogP contribution in [0.1, 0.15) is 38.4 Å². The molecular formula is C14H22N2O2. The molecule has 1 aliphatic heterocycles. The first-order chi connectivity index (χ1) is 8.61. The average Bonchev–Trinajstić information content (AvgIpc) is 2.38. The number of aromatic nitrogens is 1. The second-order valence-corrected chi connectivity index (χ2v) is 5.05. The number of piperidine rings is 1. The molecule has 4 heteroatoms. The molecule has 0 radical (unpaired) electrons. The number of anilines is 1. The highest BCUT2D eigenvalue weighted by Gasteiger charge is 2.26. The Kier molecular flexibility index (Phi) is 4.19. The Morgan fingerprint density at radius 3 is 2.78 bits per heavy atom. The summed E-state index contributed by atoms with van der Waals surface area (Å²) in [7, 11) is 1.78. The number of aliphatic hydroxyl groups excluding tert-OH is 1. The Hall–Kier alpha value is -1.13. The lowest BCUT2D eigenvalue weighted by Gasteiger charge is -2.38. The summed E-state index contributed by atoms with van der Waals surface area (Å²) < 4.78 is 5.42. The van der Waals surface area contributed by atoms with E-state index in [1.54, 1.807) is 20.2 Å². The van der Waals surface area contributed by atoms with Gasteiger partial charge in [0.05, 0.1) is 12.2 Å². The van der Waals surface area contributed by atoms with Crippen LogP contribution in [0, 0.1) is 0 Å². The van der Waals surface area contributed by atoms with Crippen molar-refractivity contribution >= 4 is 5.82 Å². The van der Waals surface area contributed by atoms with E-state index in [0.717, 1.165) is 30.8 Å². The molecule has 0 aromatic carbocycles. The molecule has 2 rings (SSSR count). The molecule has 0 amide bonds. The van der Waals surface area contributed by atoms with Crippen molar-refractivity contribution in [1.29, 1.82) is 0 Å². The molecule has 18 heavy (non-hydrogen) atoms. The molecule has 0 spiro atoms. The number of nitrogens with zero attached hydrogens (tertiary/aromatic N) is 2. The first-order valence-electron chi connectivity index (χ1n) is 6.55. The van der Waals surface area contributed by atoms with Gasteiger partial charge in [-0.25, -0.2) is 4.98 Å². The number of hydrogen-bond acceptors (Lipinski definition) is 4. The fourth-order valence-electron chi connectivity index (χ4n) is 2.50. The molecule has 1 aromatic rings. The third-order valence-electron chi connectivity index (χ3n) is 3.71. The third kappa shape index (κ3) is 2.82. The SMILES string of the molecule is COC1CCN(c2ccc([C@H](C)O)cn2)C(C)C1. The zero-order valence-corrected chi connectivity index (χ0v) is 11.3. The number of pyridine rings is 1. The molecule has 100 valence electrons. The lowest BCUT2D eigenvalue weighted by atomic mass is 10.0. The molecule has 1 aromatic heterocycles. The van der Waals surface area contributed by atoms with E-state index in [-0.39, 0.29) is 0 Å². The van der Waals surface area contributed by atoms with Crippen LogP contribution >= 0.6 is 0 Å². The van der Waals surface area contributed by atoms with Gasteiger partial charge in [-0.3, -0.25) is 0 Å². The molecule has 0 aliphatic carbocycles. The smallest absolute Gasteiger partial charge is 0.128 e. The molecular weight excluding hydrogens is 228 g/mol. The predicted octanol–water partition coefficient (Wildman–Crippen LogP) is 2.14. The largest absolute Gasteiger partial charge is 0.389 e. The van der Waals surface area contributed by atoms with Crippen LogP contribution in [0.15, 0.2) is 18.3 Å². The van der Waals surface area contributed by atoms with Gasteiger partial charge >= 0.3 is 0 Å². The summed E-state index contributed by atoms with van der Waals surface area (Å²) in [5.74, 6) is 0.987. The highest BCUT2D eigenvalue weighted by atomic mass is 16.5. The maximum absolute atomic E-state index is 9.47. The van der Waals surface area contributed by atoms with Crippen LogP contribution in [0.3, 0.4) is 0 Å². The monoisotopic (exact) mass is 250 g/mol. The number of methoxy groups -OCH3 is 1. The molecule has 1 aliphatic rings. The lowest BCUT2D eigenvalue weighted by Crippen LogP contribution is -2.43. The lowest BCUT2D eigenvalue weighted by molar-refractivity contribution is 0.0719. The molecule has 4 nitrogen and oxygen atoms in total. The molecule has 0 saturated carbocycles. The highest BCUT2D eigenvalue weighted by molar-refractivity contribution is 5.41. The van der Waals surface area contributed by atoms with Gasteiger partial charge in [0.2, 0.25) is 0 Å². The molecule has 0 bridgehead atoms. The Morgan fingerprint density at radius 1 is 1.50 bits per heavy atom. The van der Waals surface area contributed by atoms with Crippen LogP contribution < -0.4 is 4.90 Å². The van der Waals surface area contributed by atoms with Gasteiger partial charge in [0.25, 0.3) is 0 Å². The molecule has 1 saturated heterocycles. The topological polar surface area (TPSA) is 45.6 Å². The standard InChI is InChI=1S/C14H22N2O2/c1-10-8-13(18-3)6-7-16(10)14-5-4-12(9-15-14)11(2)17/h4-5,9-11,13,17H,6-8H2,1-3H3/t10?,11-,13?/m0/s1. The predicted molar refractivity (Wildman–Crippen MR) is 71.7 cm³/mol. The van der Waals surface area contributed by atoms with Crippen molar-refractivity contribution in [2.75, 3.05) is 18.6 Å². The van der Waals surface area contributed by atoms with Crippen LogP contribution in [0.25, 0.3) is 0 Å². The number of rotatable bonds is 3. The molecule has 2 heterocycles. The third-order valence-corrected chi connectivity index (χ3v) is 3.71. The van der Waals surface area contributed by atoms with Gasteiger partial charge in [0, 0.05) is 25.9 Å². The van der Waals surface area contributed by atoms with Crippen molar-refractivity contribution in [3.63, 3.8) is 0 Å². The van der Waals surface area contributed by atoms with E-state index < -0.39 is 6.10 Å². The van der Waals surface area contributed by atoms with E-state index in [4.69, 9.17) is 4.74 Å². The van der Waals surface area contributed by atoms with Gasteiger partial charge in [0.15, 0.2) is 0 Å². The van der Waals surface area contributed by atoms with Crippen LogP contribution in [0.4, 0.5) is 5.82 Å². The molecule has 1 fully saturated rings. The molecule has 3 atom stereocenters. The minimum absolute atomic E-state index is 0.369. The van der Waals surface area contributed by atoms with Crippen LogP contribution in [-0.2, 0) is 4.74 Å². The quantitative estimate of drug-likeness (QED) is 0.892. The first-order valence-corrected chi connectivity index (χ1v) is 6.55. The summed E-state index contributed by atoms with van der Waals surface area (Å²) >= 11 is 0. The second-order valence-electron chi connectivity index (χ2n) is 5.05. The number of aliphatic hydroxyl groups is 1. The summed E-state index contributed by atoms with van der Waals surface area (Å²) in [4.78, 5) is 6.76. The van der Waals surface area contributed by atoms with E-state index in [1.807, 2.05) is 12.1 Å². The van der Waals surface area contributed by atoms with Gasteiger partial charge in [0.1, 0.15) is 5.82 Å². The maximum Gasteiger partial charge on any atom is 0.128 e. The van der Waals surface area contributed by atoms with Gasteiger partial charge in [-0.05, 0) is 38.3 Å². The van der Waals surface area contributed by atoms with Crippen LogP contribution in [0.2, 0.25) is 0 Å². The molecule has 2 unspecified atom stereocenters. The Labute approximate surface area is 109 Å². The minimum atomic E-state index is -0.455. The van der Waals surface area contributed by atoms with E-state index in [9.17, 15) is 5.11 Å². The Bertz CT molecular complexity index is 378.